The lowest BCUT2D eigenvalue weighted by Crippen LogP contribution is -2.44. The molecule has 0 aromatic rings. The Labute approximate surface area is 195 Å². The van der Waals surface area contributed by atoms with Crippen molar-refractivity contribution in [1.29, 1.82) is 0 Å². The number of carbonyl (C=O) groups is 3. The maximum Gasteiger partial charge on any atom is 0.311 e. The molecule has 8 heteroatoms. The lowest BCUT2D eigenvalue weighted by atomic mass is 9.65. The van der Waals surface area contributed by atoms with Crippen LogP contribution in [0.4, 0.5) is 0 Å². The summed E-state index contributed by atoms with van der Waals surface area (Å²) in [5.41, 5.74) is 0.159. The van der Waals surface area contributed by atoms with E-state index in [1.54, 1.807) is 6.08 Å². The normalized spacial score (nSPS) is 28.9. The van der Waals surface area contributed by atoms with Gasteiger partial charge in [0.25, 0.3) is 0 Å². The van der Waals surface area contributed by atoms with Crippen LogP contribution in [0.2, 0.25) is 0 Å². The van der Waals surface area contributed by atoms with Crippen LogP contribution in [0.3, 0.4) is 0 Å². The van der Waals surface area contributed by atoms with Crippen molar-refractivity contribution in [2.24, 2.45) is 29.1 Å². The number of carbonyl (C=O) groups excluding carboxylic acids is 1. The number of esters is 1. The van der Waals surface area contributed by atoms with Crippen molar-refractivity contribution >= 4 is 17.9 Å². The molecule has 2 aliphatic carbocycles. The highest BCUT2D eigenvalue weighted by molar-refractivity contribution is 5.76. The highest BCUT2D eigenvalue weighted by Gasteiger charge is 2.44. The zero-order valence-electron chi connectivity index (χ0n) is 19.9. The molecule has 0 saturated heterocycles. The number of carboxylic acid groups (broad SMARTS) is 2. The summed E-state index contributed by atoms with van der Waals surface area (Å²) in [7, 11) is 0. The summed E-state index contributed by atoms with van der Waals surface area (Å²) in [5, 5.41) is 38.6. The molecule has 7 atom stereocenters. The van der Waals surface area contributed by atoms with Gasteiger partial charge in [0.2, 0.25) is 0 Å². The Hall–Kier alpha value is -2.19. The molecule has 0 aromatic heterocycles. The molecule has 0 bridgehead atoms. The number of aliphatic carboxylic acids is 2. The monoisotopic (exact) mass is 466 g/mol. The van der Waals surface area contributed by atoms with E-state index < -0.39 is 48.0 Å². The first-order valence-corrected chi connectivity index (χ1v) is 11.8. The van der Waals surface area contributed by atoms with Crippen LogP contribution in [-0.4, -0.2) is 56.6 Å². The van der Waals surface area contributed by atoms with E-state index in [0.29, 0.717) is 19.3 Å². The van der Waals surface area contributed by atoms with Crippen LogP contribution in [0.1, 0.15) is 66.2 Å². The zero-order chi connectivity index (χ0) is 24.9. The smallest absolute Gasteiger partial charge is 0.311 e. The van der Waals surface area contributed by atoms with Crippen LogP contribution in [0, 0.1) is 29.1 Å². The Morgan fingerprint density at radius 2 is 1.85 bits per heavy atom. The molecule has 7 unspecified atom stereocenters. The van der Waals surface area contributed by atoms with Gasteiger partial charge in [-0.25, -0.2) is 0 Å². The van der Waals surface area contributed by atoms with E-state index in [1.165, 1.54) is 0 Å². The molecule has 4 N–H and O–H groups in total. The minimum atomic E-state index is -1.12. The van der Waals surface area contributed by atoms with Crippen molar-refractivity contribution in [1.82, 2.24) is 0 Å². The number of aliphatic hydroxyl groups excluding tert-OH is 2. The molecular formula is C25H38O8. The number of carboxylic acids is 2. The summed E-state index contributed by atoms with van der Waals surface area (Å²) in [4.78, 5) is 35.4. The van der Waals surface area contributed by atoms with Crippen molar-refractivity contribution < 1.29 is 39.5 Å². The Kier molecular flexibility index (Phi) is 9.26. The van der Waals surface area contributed by atoms with Crippen LogP contribution in [0.15, 0.2) is 23.8 Å². The molecule has 0 radical (unpaired) electrons. The van der Waals surface area contributed by atoms with E-state index in [0.717, 1.165) is 5.57 Å². The predicted molar refractivity (Wildman–Crippen MR) is 121 cm³/mol. The van der Waals surface area contributed by atoms with Gasteiger partial charge in [-0.1, -0.05) is 32.1 Å². The van der Waals surface area contributed by atoms with E-state index in [2.05, 4.69) is 0 Å². The van der Waals surface area contributed by atoms with Gasteiger partial charge in [0.1, 0.15) is 6.10 Å². The Balaban J connectivity index is 2.21. The summed E-state index contributed by atoms with van der Waals surface area (Å²) in [6.07, 6.45) is 4.37. The molecular weight excluding hydrogens is 428 g/mol. The van der Waals surface area contributed by atoms with Gasteiger partial charge in [-0.2, -0.15) is 0 Å². The van der Waals surface area contributed by atoms with E-state index in [4.69, 9.17) is 9.84 Å². The third kappa shape index (κ3) is 7.14. The molecule has 0 saturated carbocycles. The first kappa shape index (κ1) is 27.1. The second kappa shape index (κ2) is 11.3. The third-order valence-electron chi connectivity index (χ3n) is 7.19. The number of ether oxygens (including phenoxy) is 1. The molecule has 8 nitrogen and oxygen atoms in total. The third-order valence-corrected chi connectivity index (χ3v) is 7.19. The van der Waals surface area contributed by atoms with Gasteiger partial charge in [0, 0.05) is 12.3 Å². The first-order valence-electron chi connectivity index (χ1n) is 11.8. The van der Waals surface area contributed by atoms with E-state index >= 15 is 0 Å². The van der Waals surface area contributed by atoms with Gasteiger partial charge in [-0.15, -0.1) is 0 Å². The van der Waals surface area contributed by atoms with Crippen LogP contribution < -0.4 is 0 Å². The molecule has 186 valence electrons. The van der Waals surface area contributed by atoms with Crippen LogP contribution in [-0.2, 0) is 19.1 Å². The molecule has 33 heavy (non-hydrogen) atoms. The number of rotatable bonds is 11. The quantitative estimate of drug-likeness (QED) is 0.340. The Morgan fingerprint density at radius 3 is 2.42 bits per heavy atom. The maximum atomic E-state index is 12.9. The number of allylic oxidation sites excluding steroid dienone is 2. The van der Waals surface area contributed by atoms with Crippen molar-refractivity contribution in [2.75, 3.05) is 0 Å². The van der Waals surface area contributed by atoms with E-state index in [1.807, 2.05) is 39.8 Å². The number of fused-ring (bicyclic) bond motifs is 1. The maximum absolute atomic E-state index is 12.9. The van der Waals surface area contributed by atoms with Gasteiger partial charge < -0.3 is 25.2 Å². The first-order chi connectivity index (χ1) is 15.4. The summed E-state index contributed by atoms with van der Waals surface area (Å²) in [5.74, 6) is -3.23. The number of hydrogen-bond donors (Lipinski definition) is 4. The molecule has 0 amide bonds. The Bertz CT molecular complexity index is 783. The SMILES string of the molecule is CCC(C)(C)C(=O)OC1CC(C(=O)O)C=C2C=CC(C)C(CCC(O)CC(O)CC(=O)O)C21. The van der Waals surface area contributed by atoms with Gasteiger partial charge in [0.05, 0.1) is 30.0 Å². The van der Waals surface area contributed by atoms with Crippen molar-refractivity contribution in [3.63, 3.8) is 0 Å². The largest absolute Gasteiger partial charge is 0.481 e. The molecule has 0 aromatic carbocycles. The zero-order valence-corrected chi connectivity index (χ0v) is 19.9. The second-order valence-corrected chi connectivity index (χ2v) is 10.2. The molecule has 2 aliphatic rings. The van der Waals surface area contributed by atoms with Crippen LogP contribution in [0.5, 0.6) is 0 Å². The average Bonchev–Trinajstić information content (AvgIpc) is 2.72. The van der Waals surface area contributed by atoms with Gasteiger partial charge in [0.15, 0.2) is 0 Å². The Morgan fingerprint density at radius 1 is 1.18 bits per heavy atom. The fourth-order valence-electron chi connectivity index (χ4n) is 4.72. The molecule has 0 spiro atoms. The molecule has 0 heterocycles. The van der Waals surface area contributed by atoms with E-state index in [-0.39, 0.29) is 36.6 Å². The fourth-order valence-corrected chi connectivity index (χ4v) is 4.72. The number of aliphatic hydroxyl groups is 2. The molecule has 2 rings (SSSR count). The van der Waals surface area contributed by atoms with Gasteiger partial charge in [-0.3, -0.25) is 14.4 Å². The lowest BCUT2D eigenvalue weighted by Gasteiger charge is -2.43. The van der Waals surface area contributed by atoms with Gasteiger partial charge in [-0.05, 0) is 56.9 Å². The highest BCUT2D eigenvalue weighted by atomic mass is 16.5. The fraction of sp³-hybridized carbons (Fsp3) is 0.720. The second-order valence-electron chi connectivity index (χ2n) is 10.2. The summed E-state index contributed by atoms with van der Waals surface area (Å²) < 4.78 is 5.95. The molecule has 0 aliphatic heterocycles. The van der Waals surface area contributed by atoms with Crippen molar-refractivity contribution in [2.45, 2.75) is 84.5 Å². The standard InChI is InChI=1S/C25H38O8/c1-5-25(3,4)24(32)33-20-11-16(23(30)31)10-15-7-6-14(2)19(22(15)20)9-8-17(26)12-18(27)13-21(28)29/h6-7,10,14,16-20,22,26-27H,5,8-9,11-13H2,1-4H3,(H,28,29)(H,30,31). The minimum absolute atomic E-state index is 0.00444. The lowest BCUT2D eigenvalue weighted by molar-refractivity contribution is -0.166. The predicted octanol–water partition coefficient (Wildman–Crippen LogP) is 3.17. The van der Waals surface area contributed by atoms with Crippen LogP contribution in [0.25, 0.3) is 0 Å². The minimum Gasteiger partial charge on any atom is -0.481 e. The summed E-state index contributed by atoms with van der Waals surface area (Å²) in [6, 6.07) is 0. The summed E-state index contributed by atoms with van der Waals surface area (Å²) >= 11 is 0. The van der Waals surface area contributed by atoms with Gasteiger partial charge >= 0.3 is 17.9 Å². The summed E-state index contributed by atoms with van der Waals surface area (Å²) in [6.45, 7) is 7.57. The number of hydrogen-bond acceptors (Lipinski definition) is 6. The van der Waals surface area contributed by atoms with Crippen LogP contribution >= 0.6 is 0 Å². The van der Waals surface area contributed by atoms with Crippen molar-refractivity contribution in [3.8, 4) is 0 Å². The average molecular weight is 467 g/mol. The van der Waals surface area contributed by atoms with Crippen molar-refractivity contribution in [3.05, 3.63) is 23.8 Å². The topological polar surface area (TPSA) is 141 Å². The van der Waals surface area contributed by atoms with E-state index in [9.17, 15) is 29.7 Å². The highest BCUT2D eigenvalue weighted by Crippen LogP contribution is 2.45. The molecule has 0 fully saturated rings.